The predicted molar refractivity (Wildman–Crippen MR) is 61.4 cm³/mol. The van der Waals surface area contributed by atoms with Crippen LogP contribution in [0.1, 0.15) is 19.8 Å². The van der Waals surface area contributed by atoms with Crippen molar-refractivity contribution in [2.45, 2.75) is 25.9 Å². The zero-order valence-electron chi connectivity index (χ0n) is 9.98. The molecule has 0 bridgehead atoms. The number of aliphatic carboxylic acids is 1. The molecule has 0 aliphatic carbocycles. The van der Waals surface area contributed by atoms with Crippen molar-refractivity contribution in [1.82, 2.24) is 10.6 Å². The van der Waals surface area contributed by atoms with Crippen LogP contribution in [0.3, 0.4) is 0 Å². The van der Waals surface area contributed by atoms with Crippen molar-refractivity contribution < 1.29 is 19.8 Å². The number of carboxylic acids is 1. The molecule has 0 radical (unpaired) electrons. The number of hydrogen-bond donors (Lipinski definition) is 4. The van der Waals surface area contributed by atoms with Crippen molar-refractivity contribution in [1.29, 1.82) is 0 Å². The van der Waals surface area contributed by atoms with Gasteiger partial charge >= 0.3 is 5.97 Å². The highest BCUT2D eigenvalue weighted by molar-refractivity contribution is 5.79. The van der Waals surface area contributed by atoms with Gasteiger partial charge < -0.3 is 20.8 Å². The molecule has 0 saturated carbocycles. The number of aliphatic hydroxyl groups excluding tert-OH is 1. The maximum atomic E-state index is 11.8. The predicted octanol–water partition coefficient (Wildman–Crippen LogP) is -0.816. The van der Waals surface area contributed by atoms with E-state index in [4.69, 9.17) is 10.2 Å². The number of aliphatic hydroxyl groups is 1. The van der Waals surface area contributed by atoms with E-state index >= 15 is 0 Å². The average molecular weight is 244 g/mol. The Labute approximate surface area is 100 Å². The third-order valence-corrected chi connectivity index (χ3v) is 3.12. The Morgan fingerprint density at radius 3 is 2.82 bits per heavy atom. The van der Waals surface area contributed by atoms with Crippen LogP contribution in [0, 0.1) is 11.8 Å². The summed E-state index contributed by atoms with van der Waals surface area (Å²) in [6.45, 7) is 3.88. The third-order valence-electron chi connectivity index (χ3n) is 3.12. The highest BCUT2D eigenvalue weighted by atomic mass is 16.4. The first-order chi connectivity index (χ1) is 8.02. The Morgan fingerprint density at radius 1 is 1.53 bits per heavy atom. The molecule has 17 heavy (non-hydrogen) atoms. The van der Waals surface area contributed by atoms with E-state index in [-0.39, 0.29) is 30.7 Å². The summed E-state index contributed by atoms with van der Waals surface area (Å²) in [5.74, 6) is -1.03. The van der Waals surface area contributed by atoms with Gasteiger partial charge in [0.15, 0.2) is 6.10 Å². The first kappa shape index (κ1) is 13.9. The Balaban J connectivity index is 2.26. The molecule has 2 unspecified atom stereocenters. The van der Waals surface area contributed by atoms with Gasteiger partial charge in [0.1, 0.15) is 0 Å². The Kier molecular flexibility index (Phi) is 5.37. The Morgan fingerprint density at radius 2 is 2.24 bits per heavy atom. The molecule has 98 valence electrons. The fraction of sp³-hybridized carbons (Fsp3) is 0.818. The molecular weight excluding hydrogens is 224 g/mol. The number of hydrogen-bond acceptors (Lipinski definition) is 4. The molecule has 0 aromatic carbocycles. The van der Waals surface area contributed by atoms with E-state index in [1.54, 1.807) is 0 Å². The minimum absolute atomic E-state index is 0.0155. The van der Waals surface area contributed by atoms with Crippen LogP contribution < -0.4 is 10.6 Å². The number of rotatable bonds is 5. The SMILES string of the molecule is CC1CNCCC1C(=O)NCC[C@H](O)C(=O)O. The molecule has 0 aromatic rings. The molecular formula is C11H20N2O4. The van der Waals surface area contributed by atoms with E-state index in [9.17, 15) is 9.59 Å². The Bertz CT molecular complexity index is 283. The number of nitrogens with one attached hydrogen (secondary N) is 2. The maximum absolute atomic E-state index is 11.8. The van der Waals surface area contributed by atoms with Crippen molar-refractivity contribution >= 4 is 11.9 Å². The van der Waals surface area contributed by atoms with Crippen LogP contribution in [0.25, 0.3) is 0 Å². The van der Waals surface area contributed by atoms with Crippen molar-refractivity contribution in [3.63, 3.8) is 0 Å². The summed E-state index contributed by atoms with van der Waals surface area (Å²) in [6, 6.07) is 0. The van der Waals surface area contributed by atoms with Crippen LogP contribution in [-0.4, -0.2) is 47.8 Å². The molecule has 1 fully saturated rings. The molecule has 4 N–H and O–H groups in total. The minimum Gasteiger partial charge on any atom is -0.479 e. The number of carbonyl (C=O) groups excluding carboxylic acids is 1. The van der Waals surface area contributed by atoms with Crippen molar-refractivity contribution in [2.75, 3.05) is 19.6 Å². The maximum Gasteiger partial charge on any atom is 0.332 e. The molecule has 1 aliphatic rings. The van der Waals surface area contributed by atoms with Crippen molar-refractivity contribution in [3.05, 3.63) is 0 Å². The van der Waals surface area contributed by atoms with Crippen LogP contribution in [0.2, 0.25) is 0 Å². The van der Waals surface area contributed by atoms with E-state index in [0.29, 0.717) is 0 Å². The summed E-state index contributed by atoms with van der Waals surface area (Å²) < 4.78 is 0. The number of amides is 1. The van der Waals surface area contributed by atoms with Gasteiger partial charge in [0.2, 0.25) is 5.91 Å². The van der Waals surface area contributed by atoms with Crippen LogP contribution in [0.4, 0.5) is 0 Å². The number of piperidine rings is 1. The average Bonchev–Trinajstić information content (AvgIpc) is 2.29. The lowest BCUT2D eigenvalue weighted by Crippen LogP contribution is -2.44. The summed E-state index contributed by atoms with van der Waals surface area (Å²) in [6.07, 6.45) is -0.560. The molecule has 1 saturated heterocycles. The fourth-order valence-electron chi connectivity index (χ4n) is 1.99. The van der Waals surface area contributed by atoms with Gasteiger partial charge in [-0.3, -0.25) is 4.79 Å². The Hall–Kier alpha value is -1.14. The van der Waals surface area contributed by atoms with Crippen molar-refractivity contribution in [2.24, 2.45) is 11.8 Å². The summed E-state index contributed by atoms with van der Waals surface area (Å²) in [5, 5.41) is 23.4. The van der Waals surface area contributed by atoms with E-state index < -0.39 is 12.1 Å². The molecule has 3 atom stereocenters. The van der Waals surface area contributed by atoms with Gasteiger partial charge in [-0.1, -0.05) is 6.92 Å². The summed E-state index contributed by atoms with van der Waals surface area (Å²) in [5.41, 5.74) is 0. The molecule has 1 amide bonds. The quantitative estimate of drug-likeness (QED) is 0.506. The second kappa shape index (κ2) is 6.56. The van der Waals surface area contributed by atoms with E-state index in [1.165, 1.54) is 0 Å². The van der Waals surface area contributed by atoms with Crippen molar-refractivity contribution in [3.8, 4) is 0 Å². The standard InChI is InChI=1S/C11H20N2O4/c1-7-6-12-4-2-8(7)10(15)13-5-3-9(14)11(16)17/h7-9,12,14H,2-6H2,1H3,(H,13,15)(H,16,17)/t7?,8?,9-/m0/s1. The molecule has 6 heteroatoms. The second-order valence-electron chi connectivity index (χ2n) is 4.51. The fourth-order valence-corrected chi connectivity index (χ4v) is 1.99. The molecule has 1 heterocycles. The van der Waals surface area contributed by atoms with Gasteiger partial charge in [-0.15, -0.1) is 0 Å². The highest BCUT2D eigenvalue weighted by Gasteiger charge is 2.27. The van der Waals surface area contributed by atoms with Gasteiger partial charge in [-0.2, -0.15) is 0 Å². The first-order valence-electron chi connectivity index (χ1n) is 5.91. The normalized spacial score (nSPS) is 26.2. The van der Waals surface area contributed by atoms with E-state index in [0.717, 1.165) is 19.5 Å². The van der Waals surface area contributed by atoms with Crippen LogP contribution >= 0.6 is 0 Å². The lowest BCUT2D eigenvalue weighted by Gasteiger charge is -2.28. The zero-order chi connectivity index (χ0) is 12.8. The molecule has 0 aromatic heterocycles. The molecule has 1 aliphatic heterocycles. The van der Waals surface area contributed by atoms with Crippen LogP contribution in [0.5, 0.6) is 0 Å². The van der Waals surface area contributed by atoms with Crippen LogP contribution in [-0.2, 0) is 9.59 Å². The summed E-state index contributed by atoms with van der Waals surface area (Å²) in [7, 11) is 0. The van der Waals surface area contributed by atoms with E-state index in [1.807, 2.05) is 6.92 Å². The summed E-state index contributed by atoms with van der Waals surface area (Å²) >= 11 is 0. The topological polar surface area (TPSA) is 98.7 Å². The second-order valence-corrected chi connectivity index (χ2v) is 4.51. The van der Waals surface area contributed by atoms with Gasteiger partial charge in [-0.25, -0.2) is 4.79 Å². The lowest BCUT2D eigenvalue weighted by atomic mass is 9.87. The highest BCUT2D eigenvalue weighted by Crippen LogP contribution is 2.18. The lowest BCUT2D eigenvalue weighted by molar-refractivity contribution is -0.147. The molecule has 6 nitrogen and oxygen atoms in total. The molecule has 0 spiro atoms. The molecule has 1 rings (SSSR count). The minimum atomic E-state index is -1.40. The zero-order valence-corrected chi connectivity index (χ0v) is 9.98. The van der Waals surface area contributed by atoms with Gasteiger partial charge in [-0.05, 0) is 25.4 Å². The number of carbonyl (C=O) groups is 2. The smallest absolute Gasteiger partial charge is 0.332 e. The van der Waals surface area contributed by atoms with Gasteiger partial charge in [0.25, 0.3) is 0 Å². The first-order valence-corrected chi connectivity index (χ1v) is 5.91. The third kappa shape index (κ3) is 4.32. The summed E-state index contributed by atoms with van der Waals surface area (Å²) in [4.78, 5) is 22.1. The largest absolute Gasteiger partial charge is 0.479 e. The monoisotopic (exact) mass is 244 g/mol. The van der Waals surface area contributed by atoms with Gasteiger partial charge in [0.05, 0.1) is 0 Å². The number of carboxylic acid groups (broad SMARTS) is 1. The van der Waals surface area contributed by atoms with Gasteiger partial charge in [0, 0.05) is 18.9 Å². The van der Waals surface area contributed by atoms with E-state index in [2.05, 4.69) is 10.6 Å². The van der Waals surface area contributed by atoms with Crippen LogP contribution in [0.15, 0.2) is 0 Å².